The van der Waals surface area contributed by atoms with Gasteiger partial charge in [-0.2, -0.15) is 4.37 Å². The Morgan fingerprint density at radius 2 is 2.36 bits per heavy atom. The molecule has 0 aromatic carbocycles. The second-order valence-corrected chi connectivity index (χ2v) is 4.81. The molecule has 1 aliphatic carbocycles. The van der Waals surface area contributed by atoms with Gasteiger partial charge in [-0.25, -0.2) is 0 Å². The standard InChI is InChI=1S/C10H16N2OS/c1-7-6-8(14-12-7)9(11)10(13-2)4-3-5-10/h6,9H,3-5,11H2,1-2H3. The molecule has 0 radical (unpaired) electrons. The predicted octanol–water partition coefficient (Wildman–Crippen LogP) is 2.02. The summed E-state index contributed by atoms with van der Waals surface area (Å²) in [6.45, 7) is 1.99. The second kappa shape index (κ2) is 3.61. The van der Waals surface area contributed by atoms with Crippen molar-refractivity contribution in [1.82, 2.24) is 4.37 Å². The minimum absolute atomic E-state index is 0.00699. The lowest BCUT2D eigenvalue weighted by Crippen LogP contribution is -2.48. The Kier molecular flexibility index (Phi) is 2.60. The van der Waals surface area contributed by atoms with E-state index in [4.69, 9.17) is 10.5 Å². The number of rotatable bonds is 3. The van der Waals surface area contributed by atoms with Crippen molar-refractivity contribution in [2.75, 3.05) is 7.11 Å². The number of methoxy groups -OCH3 is 1. The Labute approximate surface area is 88.4 Å². The van der Waals surface area contributed by atoms with Crippen molar-refractivity contribution in [1.29, 1.82) is 0 Å². The first-order chi connectivity index (χ1) is 6.68. The van der Waals surface area contributed by atoms with Gasteiger partial charge in [-0.15, -0.1) is 0 Å². The van der Waals surface area contributed by atoms with Crippen LogP contribution in [0, 0.1) is 6.92 Å². The van der Waals surface area contributed by atoms with Crippen molar-refractivity contribution in [2.24, 2.45) is 5.73 Å². The number of aryl methyl sites for hydroxylation is 1. The summed E-state index contributed by atoms with van der Waals surface area (Å²) >= 11 is 1.49. The fourth-order valence-corrected chi connectivity index (χ4v) is 2.81. The lowest BCUT2D eigenvalue weighted by molar-refractivity contribution is -0.0904. The van der Waals surface area contributed by atoms with Crippen LogP contribution in [-0.2, 0) is 4.74 Å². The van der Waals surface area contributed by atoms with Crippen molar-refractivity contribution in [3.8, 4) is 0 Å². The molecule has 1 heterocycles. The highest BCUT2D eigenvalue weighted by molar-refractivity contribution is 7.05. The summed E-state index contributed by atoms with van der Waals surface area (Å²) in [5.74, 6) is 0. The Morgan fingerprint density at radius 1 is 1.64 bits per heavy atom. The van der Waals surface area contributed by atoms with Crippen molar-refractivity contribution < 1.29 is 4.74 Å². The number of hydrogen-bond donors (Lipinski definition) is 1. The van der Waals surface area contributed by atoms with Gasteiger partial charge in [-0.3, -0.25) is 0 Å². The van der Waals surface area contributed by atoms with Gasteiger partial charge in [-0.05, 0) is 43.8 Å². The first-order valence-electron chi connectivity index (χ1n) is 4.92. The van der Waals surface area contributed by atoms with E-state index < -0.39 is 0 Å². The smallest absolute Gasteiger partial charge is 0.0879 e. The summed E-state index contributed by atoms with van der Waals surface area (Å²) in [6.07, 6.45) is 3.36. The fourth-order valence-electron chi connectivity index (χ4n) is 1.96. The van der Waals surface area contributed by atoms with E-state index in [9.17, 15) is 0 Å². The number of nitrogens with zero attached hydrogens (tertiary/aromatic N) is 1. The van der Waals surface area contributed by atoms with E-state index in [1.54, 1.807) is 7.11 Å². The van der Waals surface area contributed by atoms with E-state index in [1.165, 1.54) is 18.0 Å². The van der Waals surface area contributed by atoms with Crippen LogP contribution >= 0.6 is 11.5 Å². The summed E-state index contributed by atoms with van der Waals surface area (Å²) in [5, 5.41) is 0. The molecule has 0 spiro atoms. The van der Waals surface area contributed by atoms with E-state index in [2.05, 4.69) is 10.4 Å². The highest BCUT2D eigenvalue weighted by atomic mass is 32.1. The third-order valence-electron chi connectivity index (χ3n) is 3.13. The lowest BCUT2D eigenvalue weighted by Gasteiger charge is -2.44. The van der Waals surface area contributed by atoms with Crippen LogP contribution in [0.3, 0.4) is 0 Å². The average molecular weight is 212 g/mol. The van der Waals surface area contributed by atoms with Gasteiger partial charge in [0.25, 0.3) is 0 Å². The van der Waals surface area contributed by atoms with Crippen molar-refractivity contribution in [2.45, 2.75) is 37.8 Å². The van der Waals surface area contributed by atoms with Crippen molar-refractivity contribution in [3.05, 3.63) is 16.6 Å². The Bertz CT molecular complexity index is 314. The summed E-state index contributed by atoms with van der Waals surface area (Å²) in [7, 11) is 1.76. The summed E-state index contributed by atoms with van der Waals surface area (Å²) in [5.41, 5.74) is 7.14. The highest BCUT2D eigenvalue weighted by Crippen LogP contribution is 2.44. The molecule has 0 aliphatic heterocycles. The second-order valence-electron chi connectivity index (χ2n) is 3.97. The van der Waals surface area contributed by atoms with Crippen molar-refractivity contribution >= 4 is 11.5 Å². The van der Waals surface area contributed by atoms with Gasteiger partial charge in [0.1, 0.15) is 0 Å². The van der Waals surface area contributed by atoms with E-state index in [0.29, 0.717) is 0 Å². The van der Waals surface area contributed by atoms with E-state index in [0.717, 1.165) is 23.4 Å². The van der Waals surface area contributed by atoms with Gasteiger partial charge in [0, 0.05) is 12.0 Å². The zero-order valence-corrected chi connectivity index (χ0v) is 9.43. The van der Waals surface area contributed by atoms with Gasteiger partial charge in [-0.1, -0.05) is 0 Å². The van der Waals surface area contributed by atoms with Gasteiger partial charge in [0.2, 0.25) is 0 Å². The minimum Gasteiger partial charge on any atom is -0.376 e. The van der Waals surface area contributed by atoms with Gasteiger partial charge in [0.15, 0.2) is 0 Å². The van der Waals surface area contributed by atoms with E-state index in [-0.39, 0.29) is 11.6 Å². The number of ether oxygens (including phenoxy) is 1. The van der Waals surface area contributed by atoms with Gasteiger partial charge in [0.05, 0.1) is 17.3 Å². The summed E-state index contributed by atoms with van der Waals surface area (Å²) in [6, 6.07) is 2.06. The Morgan fingerprint density at radius 3 is 2.71 bits per heavy atom. The van der Waals surface area contributed by atoms with Crippen molar-refractivity contribution in [3.63, 3.8) is 0 Å². The molecule has 0 bridgehead atoms. The van der Waals surface area contributed by atoms with E-state index >= 15 is 0 Å². The largest absolute Gasteiger partial charge is 0.376 e. The third-order valence-corrected chi connectivity index (χ3v) is 4.09. The van der Waals surface area contributed by atoms with Crippen LogP contribution in [0.25, 0.3) is 0 Å². The quantitative estimate of drug-likeness (QED) is 0.834. The van der Waals surface area contributed by atoms with Crippen LogP contribution in [0.4, 0.5) is 0 Å². The molecule has 4 heteroatoms. The maximum Gasteiger partial charge on any atom is 0.0879 e. The zero-order chi connectivity index (χ0) is 10.2. The molecule has 1 fully saturated rings. The molecule has 1 saturated carbocycles. The van der Waals surface area contributed by atoms with Crippen LogP contribution in [0.2, 0.25) is 0 Å². The predicted molar refractivity (Wildman–Crippen MR) is 57.4 cm³/mol. The Hall–Kier alpha value is -0.450. The molecule has 2 rings (SSSR count). The number of nitrogens with two attached hydrogens (primary N) is 1. The first kappa shape index (κ1) is 10.1. The maximum atomic E-state index is 6.20. The summed E-state index contributed by atoms with van der Waals surface area (Å²) < 4.78 is 9.80. The average Bonchev–Trinajstić information content (AvgIpc) is 2.50. The topological polar surface area (TPSA) is 48.1 Å². The van der Waals surface area contributed by atoms with Crippen LogP contribution in [-0.4, -0.2) is 17.1 Å². The first-order valence-corrected chi connectivity index (χ1v) is 5.69. The number of aromatic nitrogens is 1. The molecule has 3 nitrogen and oxygen atoms in total. The molecule has 14 heavy (non-hydrogen) atoms. The monoisotopic (exact) mass is 212 g/mol. The molecular formula is C10H16N2OS. The molecule has 1 unspecified atom stereocenters. The number of hydrogen-bond acceptors (Lipinski definition) is 4. The van der Waals surface area contributed by atoms with Gasteiger partial charge < -0.3 is 10.5 Å². The fraction of sp³-hybridized carbons (Fsp3) is 0.700. The van der Waals surface area contributed by atoms with E-state index in [1.807, 2.05) is 6.92 Å². The molecule has 2 N–H and O–H groups in total. The molecule has 1 aromatic rings. The van der Waals surface area contributed by atoms with Crippen LogP contribution in [0.15, 0.2) is 6.07 Å². The molecule has 1 aliphatic rings. The third kappa shape index (κ3) is 1.47. The molecule has 78 valence electrons. The lowest BCUT2D eigenvalue weighted by atomic mass is 9.74. The zero-order valence-electron chi connectivity index (χ0n) is 8.62. The highest BCUT2D eigenvalue weighted by Gasteiger charge is 2.44. The molecule has 0 amide bonds. The maximum absolute atomic E-state index is 6.20. The molecule has 1 aromatic heterocycles. The SMILES string of the molecule is COC1(C(N)c2cc(C)ns2)CCC1. The summed E-state index contributed by atoms with van der Waals surface area (Å²) in [4.78, 5) is 1.14. The molecule has 1 atom stereocenters. The van der Waals surface area contributed by atoms with Crippen LogP contribution in [0.5, 0.6) is 0 Å². The van der Waals surface area contributed by atoms with Gasteiger partial charge >= 0.3 is 0 Å². The van der Waals surface area contributed by atoms with Crippen LogP contribution in [0.1, 0.15) is 35.9 Å². The normalized spacial score (nSPS) is 21.6. The molecular weight excluding hydrogens is 196 g/mol. The minimum atomic E-state index is -0.112. The molecule has 0 saturated heterocycles. The Balaban J connectivity index is 2.18. The van der Waals surface area contributed by atoms with Crippen LogP contribution < -0.4 is 5.73 Å².